The maximum Gasteiger partial charge on any atom is 0.258 e. The highest BCUT2D eigenvalue weighted by Gasteiger charge is 2.15. The van der Waals surface area contributed by atoms with Crippen molar-refractivity contribution in [1.29, 1.82) is 0 Å². The Morgan fingerprint density at radius 1 is 1.08 bits per heavy atom. The van der Waals surface area contributed by atoms with E-state index in [9.17, 15) is 4.79 Å². The van der Waals surface area contributed by atoms with Crippen LogP contribution in [-0.2, 0) is 0 Å². The Kier molecular flexibility index (Phi) is 5.53. The first-order valence-corrected chi connectivity index (χ1v) is 8.72. The topological polar surface area (TPSA) is 66.9 Å². The lowest BCUT2D eigenvalue weighted by Gasteiger charge is -2.22. The number of carbonyl (C=O) groups is 1. The van der Waals surface area contributed by atoms with E-state index in [-0.39, 0.29) is 5.91 Å². The Morgan fingerprint density at radius 3 is 2.50 bits per heavy atom. The van der Waals surface area contributed by atoms with Gasteiger partial charge in [-0.1, -0.05) is 42.5 Å². The molecule has 126 valence electrons. The fraction of sp³-hybridized carbons (Fsp3) is 0.353. The van der Waals surface area contributed by atoms with E-state index in [4.69, 9.17) is 23.2 Å². The zero-order chi connectivity index (χ0) is 16.9. The van der Waals surface area contributed by atoms with Crippen LogP contribution in [0.1, 0.15) is 42.5 Å². The van der Waals surface area contributed by atoms with Gasteiger partial charge in [-0.25, -0.2) is 9.97 Å². The molecule has 1 aromatic heterocycles. The first kappa shape index (κ1) is 17.0. The predicted molar refractivity (Wildman–Crippen MR) is 96.9 cm³/mol. The summed E-state index contributed by atoms with van der Waals surface area (Å²) in [5.74, 6) is 0.225. The predicted octanol–water partition coefficient (Wildman–Crippen LogP) is 4.78. The van der Waals surface area contributed by atoms with Crippen molar-refractivity contribution in [1.82, 2.24) is 9.97 Å². The van der Waals surface area contributed by atoms with Crippen molar-refractivity contribution >= 4 is 40.7 Å². The van der Waals surface area contributed by atoms with Crippen molar-refractivity contribution in [3.63, 3.8) is 0 Å². The van der Waals surface area contributed by atoms with E-state index in [0.717, 1.165) is 12.8 Å². The van der Waals surface area contributed by atoms with Gasteiger partial charge in [0.2, 0.25) is 5.95 Å². The van der Waals surface area contributed by atoms with E-state index in [1.54, 1.807) is 18.2 Å². The SMILES string of the molecule is O=C(Nc1cc(Cl)ccc1Cl)c1cnc(NC2CCCCC2)nc1. The zero-order valence-corrected chi connectivity index (χ0v) is 14.6. The first-order chi connectivity index (χ1) is 11.6. The van der Waals surface area contributed by atoms with Gasteiger partial charge >= 0.3 is 0 Å². The Balaban J connectivity index is 1.64. The summed E-state index contributed by atoms with van der Waals surface area (Å²) in [5, 5.41) is 6.95. The average molecular weight is 365 g/mol. The molecule has 2 N–H and O–H groups in total. The van der Waals surface area contributed by atoms with E-state index in [1.807, 2.05) is 0 Å². The molecule has 1 heterocycles. The second-order valence-corrected chi connectivity index (χ2v) is 6.70. The maximum atomic E-state index is 12.3. The number of amides is 1. The lowest BCUT2D eigenvalue weighted by atomic mass is 9.96. The molecule has 0 unspecified atom stereocenters. The number of halogens is 2. The van der Waals surface area contributed by atoms with Gasteiger partial charge in [0.1, 0.15) is 0 Å². The Bertz CT molecular complexity index is 715. The quantitative estimate of drug-likeness (QED) is 0.818. The molecule has 7 heteroatoms. The van der Waals surface area contributed by atoms with E-state index < -0.39 is 0 Å². The molecule has 1 aromatic carbocycles. The van der Waals surface area contributed by atoms with Crippen LogP contribution in [-0.4, -0.2) is 21.9 Å². The highest BCUT2D eigenvalue weighted by molar-refractivity contribution is 6.35. The van der Waals surface area contributed by atoms with Crippen LogP contribution >= 0.6 is 23.2 Å². The largest absolute Gasteiger partial charge is 0.351 e. The summed E-state index contributed by atoms with van der Waals surface area (Å²) < 4.78 is 0. The molecule has 3 rings (SSSR count). The smallest absolute Gasteiger partial charge is 0.258 e. The van der Waals surface area contributed by atoms with E-state index in [1.165, 1.54) is 31.7 Å². The fourth-order valence-corrected chi connectivity index (χ4v) is 3.07. The number of anilines is 2. The standard InChI is InChI=1S/C17H18Cl2N4O/c18-12-6-7-14(19)15(8-12)23-16(24)11-9-20-17(21-10-11)22-13-4-2-1-3-5-13/h6-10,13H,1-5H2,(H,23,24)(H,20,21,22). The molecular formula is C17H18Cl2N4O. The van der Waals surface area contributed by atoms with E-state index >= 15 is 0 Å². The van der Waals surface area contributed by atoms with Crippen LogP contribution in [0.15, 0.2) is 30.6 Å². The van der Waals surface area contributed by atoms with Gasteiger partial charge in [-0.05, 0) is 31.0 Å². The lowest BCUT2D eigenvalue weighted by molar-refractivity contribution is 0.102. The van der Waals surface area contributed by atoms with Crippen LogP contribution in [0.3, 0.4) is 0 Å². The molecule has 1 saturated carbocycles. The third-order valence-electron chi connectivity index (χ3n) is 4.03. The van der Waals surface area contributed by atoms with Crippen molar-refractivity contribution in [2.24, 2.45) is 0 Å². The summed E-state index contributed by atoms with van der Waals surface area (Å²) in [4.78, 5) is 20.7. The van der Waals surface area contributed by atoms with Gasteiger partial charge in [0.25, 0.3) is 5.91 Å². The molecule has 1 fully saturated rings. The number of benzene rings is 1. The van der Waals surface area contributed by atoms with Gasteiger partial charge in [-0.15, -0.1) is 0 Å². The molecule has 0 atom stereocenters. The first-order valence-electron chi connectivity index (χ1n) is 7.97. The molecule has 0 radical (unpaired) electrons. The number of hydrogen-bond donors (Lipinski definition) is 2. The van der Waals surface area contributed by atoms with Gasteiger partial charge in [0.05, 0.1) is 16.3 Å². The molecule has 0 spiro atoms. The highest BCUT2D eigenvalue weighted by atomic mass is 35.5. The van der Waals surface area contributed by atoms with Crippen LogP contribution in [0.25, 0.3) is 0 Å². The summed E-state index contributed by atoms with van der Waals surface area (Å²) >= 11 is 12.0. The molecule has 1 amide bonds. The number of rotatable bonds is 4. The minimum atomic E-state index is -0.330. The summed E-state index contributed by atoms with van der Waals surface area (Å²) in [6, 6.07) is 5.31. The molecular weight excluding hydrogens is 347 g/mol. The molecule has 5 nitrogen and oxygen atoms in total. The highest BCUT2D eigenvalue weighted by Crippen LogP contribution is 2.26. The molecule has 24 heavy (non-hydrogen) atoms. The minimum absolute atomic E-state index is 0.330. The molecule has 1 aliphatic carbocycles. The van der Waals surface area contributed by atoms with Crippen LogP contribution < -0.4 is 10.6 Å². The lowest BCUT2D eigenvalue weighted by Crippen LogP contribution is -2.23. The van der Waals surface area contributed by atoms with Gasteiger partial charge in [0.15, 0.2) is 0 Å². The molecule has 0 bridgehead atoms. The van der Waals surface area contributed by atoms with Crippen LogP contribution in [0.4, 0.5) is 11.6 Å². The monoisotopic (exact) mass is 364 g/mol. The fourth-order valence-electron chi connectivity index (χ4n) is 2.74. The van der Waals surface area contributed by atoms with Gasteiger partial charge in [-0.2, -0.15) is 0 Å². The maximum absolute atomic E-state index is 12.3. The zero-order valence-electron chi connectivity index (χ0n) is 13.1. The van der Waals surface area contributed by atoms with E-state index in [0.29, 0.717) is 33.3 Å². The summed E-state index contributed by atoms with van der Waals surface area (Å²) in [6.45, 7) is 0. The minimum Gasteiger partial charge on any atom is -0.351 e. The van der Waals surface area contributed by atoms with Crippen molar-refractivity contribution in [2.75, 3.05) is 10.6 Å². The van der Waals surface area contributed by atoms with Crippen LogP contribution in [0.5, 0.6) is 0 Å². The Hall–Kier alpha value is -1.85. The summed E-state index contributed by atoms with van der Waals surface area (Å²) in [7, 11) is 0. The number of hydrogen-bond acceptors (Lipinski definition) is 4. The van der Waals surface area contributed by atoms with Crippen LogP contribution in [0, 0.1) is 0 Å². The summed E-state index contributed by atoms with van der Waals surface area (Å²) in [5.41, 5.74) is 0.818. The van der Waals surface area contributed by atoms with Crippen molar-refractivity contribution in [3.8, 4) is 0 Å². The number of nitrogens with zero attached hydrogens (tertiary/aromatic N) is 2. The second-order valence-electron chi connectivity index (χ2n) is 5.85. The third kappa shape index (κ3) is 4.36. The van der Waals surface area contributed by atoms with Gasteiger partial charge in [-0.3, -0.25) is 4.79 Å². The van der Waals surface area contributed by atoms with Crippen molar-refractivity contribution in [2.45, 2.75) is 38.1 Å². The molecule has 1 aliphatic rings. The van der Waals surface area contributed by atoms with Gasteiger partial charge < -0.3 is 10.6 Å². The van der Waals surface area contributed by atoms with Gasteiger partial charge in [0, 0.05) is 23.5 Å². The number of nitrogens with one attached hydrogen (secondary N) is 2. The van der Waals surface area contributed by atoms with Crippen molar-refractivity contribution < 1.29 is 4.79 Å². The van der Waals surface area contributed by atoms with E-state index in [2.05, 4.69) is 20.6 Å². The third-order valence-corrected chi connectivity index (χ3v) is 4.59. The summed E-state index contributed by atoms with van der Waals surface area (Å²) in [6.07, 6.45) is 9.05. The van der Waals surface area contributed by atoms with Crippen molar-refractivity contribution in [3.05, 3.63) is 46.2 Å². The average Bonchev–Trinajstić information content (AvgIpc) is 2.60. The Labute approximate surface area is 150 Å². The molecule has 0 aliphatic heterocycles. The normalized spacial score (nSPS) is 15.1. The molecule has 0 saturated heterocycles. The second kappa shape index (κ2) is 7.81. The van der Waals surface area contributed by atoms with Crippen LogP contribution in [0.2, 0.25) is 10.0 Å². The number of carbonyl (C=O) groups excluding carboxylic acids is 1. The number of aromatic nitrogens is 2. The Morgan fingerprint density at radius 2 is 1.79 bits per heavy atom. The molecule has 2 aromatic rings.